The van der Waals surface area contributed by atoms with Gasteiger partial charge in [-0.05, 0) is 97.7 Å². The molecule has 0 aliphatic heterocycles. The van der Waals surface area contributed by atoms with Crippen molar-refractivity contribution < 1.29 is 9.94 Å². The van der Waals surface area contributed by atoms with Gasteiger partial charge in [-0.1, -0.05) is 59.0 Å². The Morgan fingerprint density at radius 3 is 2.42 bits per heavy atom. The summed E-state index contributed by atoms with van der Waals surface area (Å²) in [7, 11) is 1.70. The maximum atomic E-state index is 10.4. The van der Waals surface area contributed by atoms with E-state index in [1.165, 1.54) is 50.7 Å². The minimum absolute atomic E-state index is 0.159. The van der Waals surface area contributed by atoms with Crippen LogP contribution in [0.15, 0.2) is 5.16 Å². The van der Waals surface area contributed by atoms with Crippen LogP contribution in [0.2, 0.25) is 0 Å². The average Bonchev–Trinajstić information content (AvgIpc) is 3.06. The Morgan fingerprint density at radius 2 is 1.71 bits per heavy atom. The van der Waals surface area contributed by atoms with Gasteiger partial charge in [0.2, 0.25) is 0 Å². The zero-order valence-corrected chi connectivity index (χ0v) is 21.2. The monoisotopic (exact) mass is 431 g/mol. The first-order chi connectivity index (χ1) is 14.7. The molecule has 0 aromatic carbocycles. The Kier molecular flexibility index (Phi) is 6.84. The summed E-state index contributed by atoms with van der Waals surface area (Å²) in [5, 5.41) is 15.0. The van der Waals surface area contributed by atoms with Crippen LogP contribution in [0.1, 0.15) is 105 Å². The second kappa shape index (κ2) is 8.99. The summed E-state index contributed by atoms with van der Waals surface area (Å²) in [5.74, 6) is 5.40. The first-order valence-corrected chi connectivity index (χ1v) is 13.5. The lowest BCUT2D eigenvalue weighted by molar-refractivity contribution is -0.0949. The molecule has 0 aromatic rings. The number of hydrogen-bond acceptors (Lipinski definition) is 3. The molecule has 4 aliphatic carbocycles. The standard InChI is InChI=1S/C28H49NO2/c1-18(2)8-7-9-19(3)22-10-11-23-21-17-26(29-31-6)25-16-20(30)12-14-28(25,5)24(21)13-15-27(22,23)4/h18-25,30H,7-17H2,1-6H3/t19-,20+,21?,22?,23?,24?,25?,27-,28-/m1/s1. The minimum atomic E-state index is -0.159. The lowest BCUT2D eigenvalue weighted by atomic mass is 9.44. The molecule has 4 saturated carbocycles. The summed E-state index contributed by atoms with van der Waals surface area (Å²) in [5.41, 5.74) is 2.07. The highest BCUT2D eigenvalue weighted by Gasteiger charge is 2.62. The Hall–Kier alpha value is -0.570. The second-order valence-corrected chi connectivity index (χ2v) is 12.9. The van der Waals surface area contributed by atoms with E-state index in [0.717, 1.165) is 61.2 Å². The number of nitrogens with zero attached hydrogens (tertiary/aromatic N) is 1. The highest BCUT2D eigenvalue weighted by Crippen LogP contribution is 2.68. The number of hydrogen-bond donors (Lipinski definition) is 1. The van der Waals surface area contributed by atoms with Crippen molar-refractivity contribution in [2.45, 2.75) is 111 Å². The van der Waals surface area contributed by atoms with Gasteiger partial charge in [-0.2, -0.15) is 0 Å². The van der Waals surface area contributed by atoms with E-state index in [2.05, 4.69) is 39.8 Å². The predicted octanol–water partition coefficient (Wildman–Crippen LogP) is 7.08. The molecular formula is C28H49NO2. The molecule has 0 amide bonds. The molecule has 0 saturated heterocycles. The predicted molar refractivity (Wildman–Crippen MR) is 129 cm³/mol. The third-order valence-electron chi connectivity index (χ3n) is 10.9. The molecular weight excluding hydrogens is 382 g/mol. The van der Waals surface area contributed by atoms with E-state index < -0.39 is 0 Å². The molecule has 3 nitrogen and oxygen atoms in total. The van der Waals surface area contributed by atoms with Crippen molar-refractivity contribution >= 4 is 5.71 Å². The van der Waals surface area contributed by atoms with Crippen LogP contribution in [0.25, 0.3) is 0 Å². The molecule has 0 aromatic heterocycles. The fourth-order valence-corrected chi connectivity index (χ4v) is 9.29. The quantitative estimate of drug-likeness (QED) is 0.456. The zero-order valence-electron chi connectivity index (χ0n) is 21.2. The van der Waals surface area contributed by atoms with Crippen LogP contribution in [0.3, 0.4) is 0 Å². The number of aliphatic hydroxyl groups is 1. The summed E-state index contributed by atoms with van der Waals surface area (Å²) in [4.78, 5) is 5.36. The fourth-order valence-electron chi connectivity index (χ4n) is 9.29. The van der Waals surface area contributed by atoms with Crippen molar-refractivity contribution in [3.05, 3.63) is 0 Å². The number of aliphatic hydroxyl groups excluding tert-OH is 1. The molecule has 3 heteroatoms. The van der Waals surface area contributed by atoms with E-state index >= 15 is 0 Å². The zero-order chi connectivity index (χ0) is 22.4. The average molecular weight is 432 g/mol. The van der Waals surface area contributed by atoms with Gasteiger partial charge in [-0.25, -0.2) is 0 Å². The molecule has 31 heavy (non-hydrogen) atoms. The summed E-state index contributed by atoms with van der Waals surface area (Å²) in [6, 6.07) is 0. The van der Waals surface area contributed by atoms with Gasteiger partial charge in [0.15, 0.2) is 0 Å². The summed E-state index contributed by atoms with van der Waals surface area (Å²) in [6.07, 6.45) is 13.8. The topological polar surface area (TPSA) is 41.8 Å². The molecule has 4 fully saturated rings. The molecule has 0 spiro atoms. The lowest BCUT2D eigenvalue weighted by Gasteiger charge is -2.61. The van der Waals surface area contributed by atoms with Crippen molar-refractivity contribution in [2.75, 3.05) is 7.11 Å². The van der Waals surface area contributed by atoms with E-state index in [0.29, 0.717) is 16.7 Å². The van der Waals surface area contributed by atoms with Crippen molar-refractivity contribution in [1.82, 2.24) is 0 Å². The van der Waals surface area contributed by atoms with Gasteiger partial charge < -0.3 is 9.94 Å². The first kappa shape index (κ1) is 23.6. The SMILES string of the molecule is CON=C1CC2C(CC[C@@]3(C)C2CCC3[C@H](C)CCCC(C)C)[C@@]2(C)CC[C@H](O)CC12. The maximum absolute atomic E-state index is 10.4. The van der Waals surface area contributed by atoms with Crippen LogP contribution in [0.4, 0.5) is 0 Å². The van der Waals surface area contributed by atoms with Crippen molar-refractivity contribution in [3.8, 4) is 0 Å². The molecule has 5 unspecified atom stereocenters. The van der Waals surface area contributed by atoms with E-state index in [1.807, 2.05) is 0 Å². The van der Waals surface area contributed by atoms with Gasteiger partial charge in [0, 0.05) is 5.92 Å². The normalized spacial score (nSPS) is 47.0. The smallest absolute Gasteiger partial charge is 0.106 e. The minimum Gasteiger partial charge on any atom is -0.399 e. The summed E-state index contributed by atoms with van der Waals surface area (Å²) < 4.78 is 0. The van der Waals surface area contributed by atoms with E-state index in [9.17, 15) is 5.11 Å². The molecule has 178 valence electrons. The number of fused-ring (bicyclic) bond motifs is 5. The van der Waals surface area contributed by atoms with Gasteiger partial charge in [0.25, 0.3) is 0 Å². The van der Waals surface area contributed by atoms with E-state index in [4.69, 9.17) is 4.84 Å². The molecule has 4 aliphatic rings. The first-order valence-electron chi connectivity index (χ1n) is 13.5. The van der Waals surface area contributed by atoms with Crippen LogP contribution >= 0.6 is 0 Å². The molecule has 1 N–H and O–H groups in total. The largest absolute Gasteiger partial charge is 0.399 e. The fraction of sp³-hybridized carbons (Fsp3) is 0.964. The van der Waals surface area contributed by atoms with Crippen molar-refractivity contribution in [1.29, 1.82) is 0 Å². The summed E-state index contributed by atoms with van der Waals surface area (Å²) in [6.45, 7) is 12.5. The van der Waals surface area contributed by atoms with Gasteiger partial charge in [0.05, 0.1) is 11.8 Å². The van der Waals surface area contributed by atoms with Crippen LogP contribution in [-0.4, -0.2) is 24.0 Å². The third-order valence-corrected chi connectivity index (χ3v) is 10.9. The highest BCUT2D eigenvalue weighted by molar-refractivity contribution is 5.88. The maximum Gasteiger partial charge on any atom is 0.106 e. The summed E-state index contributed by atoms with van der Waals surface area (Å²) >= 11 is 0. The molecule has 0 heterocycles. The van der Waals surface area contributed by atoms with E-state index in [1.54, 1.807) is 7.11 Å². The Bertz CT molecular complexity index is 659. The molecule has 9 atom stereocenters. The van der Waals surface area contributed by atoms with Crippen LogP contribution in [0.5, 0.6) is 0 Å². The van der Waals surface area contributed by atoms with Gasteiger partial charge in [-0.3, -0.25) is 0 Å². The second-order valence-electron chi connectivity index (χ2n) is 12.9. The molecule has 0 bridgehead atoms. The van der Waals surface area contributed by atoms with Crippen molar-refractivity contribution in [3.63, 3.8) is 0 Å². The Labute approximate surface area is 191 Å². The lowest BCUT2D eigenvalue weighted by Crippen LogP contribution is -2.57. The molecule has 0 radical (unpaired) electrons. The van der Waals surface area contributed by atoms with Crippen molar-refractivity contribution in [2.24, 2.45) is 57.4 Å². The van der Waals surface area contributed by atoms with Crippen LogP contribution in [0, 0.1) is 52.3 Å². The van der Waals surface area contributed by atoms with Crippen LogP contribution < -0.4 is 0 Å². The van der Waals surface area contributed by atoms with Gasteiger partial charge in [0.1, 0.15) is 7.11 Å². The number of oxime groups is 1. The molecule has 4 rings (SSSR count). The van der Waals surface area contributed by atoms with E-state index in [-0.39, 0.29) is 6.10 Å². The third kappa shape index (κ3) is 4.11. The van der Waals surface area contributed by atoms with Crippen LogP contribution in [-0.2, 0) is 4.84 Å². The Morgan fingerprint density at radius 1 is 1.00 bits per heavy atom. The Balaban J connectivity index is 1.55. The van der Waals surface area contributed by atoms with Gasteiger partial charge >= 0.3 is 0 Å². The van der Waals surface area contributed by atoms with Gasteiger partial charge in [-0.15, -0.1) is 0 Å². The highest BCUT2D eigenvalue weighted by atomic mass is 16.6. The number of rotatable bonds is 6.